The van der Waals surface area contributed by atoms with Gasteiger partial charge in [0.05, 0.1) is 17.8 Å². The van der Waals surface area contributed by atoms with Gasteiger partial charge in [-0.3, -0.25) is 25.2 Å². The van der Waals surface area contributed by atoms with E-state index in [2.05, 4.69) is 5.32 Å². The van der Waals surface area contributed by atoms with Crippen LogP contribution in [-0.2, 0) is 20.6 Å². The Morgan fingerprint density at radius 2 is 1.80 bits per heavy atom. The zero-order valence-electron chi connectivity index (χ0n) is 22.3. The number of amides is 2. The van der Waals surface area contributed by atoms with Crippen LogP contribution in [0.15, 0.2) is 42.5 Å². The molecule has 0 spiro atoms. The Labute approximate surface area is 234 Å². The first-order valence-corrected chi connectivity index (χ1v) is 12.7. The average molecular weight is 577 g/mol. The van der Waals surface area contributed by atoms with Gasteiger partial charge in [0.2, 0.25) is 11.8 Å². The number of nitrogen functional groups attached to an aromatic ring is 1. The third-order valence-corrected chi connectivity index (χ3v) is 6.40. The lowest BCUT2D eigenvalue weighted by atomic mass is 10.1. The van der Waals surface area contributed by atoms with Gasteiger partial charge in [-0.2, -0.15) is 13.2 Å². The van der Waals surface area contributed by atoms with Gasteiger partial charge in [0.25, 0.3) is 0 Å². The number of alkyl halides is 3. The topological polar surface area (TPSA) is 173 Å². The van der Waals surface area contributed by atoms with Crippen molar-refractivity contribution in [3.05, 3.63) is 53.6 Å². The van der Waals surface area contributed by atoms with Crippen molar-refractivity contribution in [2.75, 3.05) is 29.9 Å². The van der Waals surface area contributed by atoms with Crippen LogP contribution in [0, 0.1) is 10.8 Å². The summed E-state index contributed by atoms with van der Waals surface area (Å²) in [4.78, 5) is 39.4. The summed E-state index contributed by atoms with van der Waals surface area (Å²) in [6, 6.07) is 8.99. The van der Waals surface area contributed by atoms with E-state index in [0.29, 0.717) is 43.4 Å². The Bertz CT molecular complexity index is 1320. The van der Waals surface area contributed by atoms with Gasteiger partial charge >= 0.3 is 12.1 Å². The number of anilines is 2. The SMILES string of the molecule is CC(=N)N1CCC(Oc2ccc(N(CC(=O)Nc3cccc(C(=N)N)c3)C(=O)CCC(=O)O)cc2C(F)(F)F)CC1. The zero-order chi connectivity index (χ0) is 30.3. The maximum absolute atomic E-state index is 14.1. The monoisotopic (exact) mass is 576 g/mol. The molecule has 0 atom stereocenters. The van der Waals surface area contributed by atoms with Crippen molar-refractivity contribution in [1.82, 2.24) is 4.90 Å². The van der Waals surface area contributed by atoms with E-state index in [4.69, 9.17) is 26.4 Å². The van der Waals surface area contributed by atoms with E-state index < -0.39 is 60.8 Å². The number of likely N-dealkylation sites (tertiary alicyclic amines) is 1. The van der Waals surface area contributed by atoms with Crippen LogP contribution in [0.3, 0.4) is 0 Å². The van der Waals surface area contributed by atoms with Crippen molar-refractivity contribution in [3.63, 3.8) is 0 Å². The van der Waals surface area contributed by atoms with Gasteiger partial charge in [0, 0.05) is 49.3 Å². The Morgan fingerprint density at radius 1 is 1.12 bits per heavy atom. The molecular weight excluding hydrogens is 545 g/mol. The van der Waals surface area contributed by atoms with Crippen molar-refractivity contribution in [2.45, 2.75) is 44.9 Å². The number of carboxylic acid groups (broad SMARTS) is 1. The number of aliphatic carboxylic acids is 1. The normalized spacial score (nSPS) is 13.8. The predicted molar refractivity (Wildman–Crippen MR) is 145 cm³/mol. The third-order valence-electron chi connectivity index (χ3n) is 6.40. The van der Waals surface area contributed by atoms with Gasteiger partial charge in [0.15, 0.2) is 0 Å². The number of halogens is 3. The molecule has 0 saturated carbocycles. The Hall–Kier alpha value is -4.62. The van der Waals surface area contributed by atoms with E-state index in [-0.39, 0.29) is 17.2 Å². The van der Waals surface area contributed by atoms with Gasteiger partial charge in [-0.1, -0.05) is 12.1 Å². The minimum atomic E-state index is -4.86. The summed E-state index contributed by atoms with van der Waals surface area (Å²) in [6.45, 7) is 1.86. The van der Waals surface area contributed by atoms with E-state index in [1.54, 1.807) is 17.9 Å². The van der Waals surface area contributed by atoms with Crippen LogP contribution in [0.2, 0.25) is 0 Å². The first kappa shape index (κ1) is 30.9. The molecule has 2 amide bonds. The number of rotatable bonds is 10. The number of piperidine rings is 1. The number of nitrogens with two attached hydrogens (primary N) is 1. The lowest BCUT2D eigenvalue weighted by molar-refractivity contribution is -0.139. The van der Waals surface area contributed by atoms with Crippen molar-refractivity contribution >= 4 is 40.8 Å². The summed E-state index contributed by atoms with van der Waals surface area (Å²) in [5, 5.41) is 26.7. The Kier molecular flexibility index (Phi) is 9.92. The van der Waals surface area contributed by atoms with Crippen LogP contribution < -0.4 is 20.7 Å². The van der Waals surface area contributed by atoms with Gasteiger partial charge in [-0.05, 0) is 37.3 Å². The molecule has 1 heterocycles. The predicted octanol–water partition coefficient (Wildman–Crippen LogP) is 3.67. The molecule has 0 bridgehead atoms. The minimum absolute atomic E-state index is 0.240. The summed E-state index contributed by atoms with van der Waals surface area (Å²) in [6.07, 6.45) is -5.67. The van der Waals surface area contributed by atoms with Crippen molar-refractivity contribution < 1.29 is 37.4 Å². The molecule has 1 aliphatic heterocycles. The van der Waals surface area contributed by atoms with Gasteiger partial charge in [-0.25, -0.2) is 0 Å². The number of amidine groups is 2. The molecule has 220 valence electrons. The highest BCUT2D eigenvalue weighted by molar-refractivity contribution is 6.04. The second-order valence-corrected chi connectivity index (χ2v) is 9.48. The first-order valence-electron chi connectivity index (χ1n) is 12.7. The number of hydrogen-bond donors (Lipinski definition) is 5. The molecule has 3 rings (SSSR count). The number of nitrogens with zero attached hydrogens (tertiary/aromatic N) is 2. The van der Waals surface area contributed by atoms with Crippen molar-refractivity contribution in [2.24, 2.45) is 5.73 Å². The molecule has 11 nitrogen and oxygen atoms in total. The quantitative estimate of drug-likeness (QED) is 0.212. The summed E-state index contributed by atoms with van der Waals surface area (Å²) < 4.78 is 48.1. The van der Waals surface area contributed by atoms with E-state index in [1.165, 1.54) is 24.3 Å². The minimum Gasteiger partial charge on any atom is -0.490 e. The standard InChI is InChI=1S/C27H31F3N6O5/c1-16(31)35-11-9-20(10-12-35)41-22-6-5-19(14-21(22)27(28,29)30)36(24(38)7-8-25(39)40)15-23(37)34-18-4-2-3-17(13-18)26(32)33/h2-6,13-14,20,31H,7-12,15H2,1H3,(H3,32,33)(H,34,37)(H,39,40). The highest BCUT2D eigenvalue weighted by Crippen LogP contribution is 2.40. The molecule has 1 aliphatic rings. The summed E-state index contributed by atoms with van der Waals surface area (Å²) in [5.74, 6) is -3.23. The van der Waals surface area contributed by atoms with Crippen LogP contribution in [-0.4, -0.2) is 65.2 Å². The largest absolute Gasteiger partial charge is 0.490 e. The molecule has 0 radical (unpaired) electrons. The number of carboxylic acids is 1. The van der Waals surface area contributed by atoms with E-state index in [9.17, 15) is 27.6 Å². The van der Waals surface area contributed by atoms with E-state index >= 15 is 0 Å². The fourth-order valence-electron chi connectivity index (χ4n) is 4.28. The third kappa shape index (κ3) is 8.68. The highest BCUT2D eigenvalue weighted by Gasteiger charge is 2.37. The smallest absolute Gasteiger partial charge is 0.420 e. The van der Waals surface area contributed by atoms with Crippen LogP contribution >= 0.6 is 0 Å². The lowest BCUT2D eigenvalue weighted by Crippen LogP contribution is -2.40. The molecule has 1 fully saturated rings. The molecule has 2 aromatic rings. The molecule has 1 saturated heterocycles. The van der Waals surface area contributed by atoms with E-state index in [0.717, 1.165) is 11.0 Å². The Morgan fingerprint density at radius 3 is 2.39 bits per heavy atom. The van der Waals surface area contributed by atoms with Crippen LogP contribution in [0.1, 0.15) is 43.7 Å². The number of carbonyl (C=O) groups excluding carboxylic acids is 2. The second kappa shape index (κ2) is 13.2. The number of hydrogen-bond acceptors (Lipinski definition) is 6. The molecule has 14 heteroatoms. The number of ether oxygens (including phenoxy) is 1. The lowest BCUT2D eigenvalue weighted by Gasteiger charge is -2.33. The second-order valence-electron chi connectivity index (χ2n) is 9.48. The van der Waals surface area contributed by atoms with Gasteiger partial charge < -0.3 is 30.7 Å². The summed E-state index contributed by atoms with van der Waals surface area (Å²) in [5.41, 5.74) is 4.62. The number of carbonyl (C=O) groups is 3. The molecule has 2 aromatic carbocycles. The van der Waals surface area contributed by atoms with Crippen molar-refractivity contribution in [1.29, 1.82) is 10.8 Å². The molecule has 6 N–H and O–H groups in total. The number of nitrogens with one attached hydrogen (secondary N) is 3. The van der Waals surface area contributed by atoms with Gasteiger partial charge in [0.1, 0.15) is 24.2 Å². The Balaban J connectivity index is 1.87. The fourth-order valence-corrected chi connectivity index (χ4v) is 4.28. The molecular formula is C27H31F3N6O5. The van der Waals surface area contributed by atoms with E-state index in [1.807, 2.05) is 0 Å². The molecule has 0 aromatic heterocycles. The first-order chi connectivity index (χ1) is 19.2. The average Bonchev–Trinajstić information content (AvgIpc) is 2.90. The molecule has 41 heavy (non-hydrogen) atoms. The summed E-state index contributed by atoms with van der Waals surface area (Å²) in [7, 11) is 0. The molecule has 0 unspecified atom stereocenters. The van der Waals surface area contributed by atoms with Crippen LogP contribution in [0.4, 0.5) is 24.5 Å². The maximum atomic E-state index is 14.1. The number of benzene rings is 2. The highest BCUT2D eigenvalue weighted by atomic mass is 19.4. The van der Waals surface area contributed by atoms with Crippen molar-refractivity contribution in [3.8, 4) is 5.75 Å². The zero-order valence-corrected chi connectivity index (χ0v) is 22.3. The molecule has 0 aliphatic carbocycles. The van der Waals surface area contributed by atoms with Crippen LogP contribution in [0.25, 0.3) is 0 Å². The van der Waals surface area contributed by atoms with Crippen LogP contribution in [0.5, 0.6) is 5.75 Å². The fraction of sp³-hybridized carbons (Fsp3) is 0.370. The maximum Gasteiger partial charge on any atom is 0.420 e. The van der Waals surface area contributed by atoms with Gasteiger partial charge in [-0.15, -0.1) is 0 Å². The summed E-state index contributed by atoms with van der Waals surface area (Å²) >= 11 is 0.